The van der Waals surface area contributed by atoms with Gasteiger partial charge in [-0.2, -0.15) is 0 Å². The average Bonchev–Trinajstić information content (AvgIpc) is 2.69. The number of hydrogen-bond acceptors (Lipinski definition) is 5. The summed E-state index contributed by atoms with van der Waals surface area (Å²) in [6.45, 7) is 1.81. The van der Waals surface area contributed by atoms with Crippen molar-refractivity contribution in [2.45, 2.75) is 6.92 Å². The number of amides is 1. The summed E-state index contributed by atoms with van der Waals surface area (Å²) in [4.78, 5) is 21.4. The lowest BCUT2D eigenvalue weighted by atomic mass is 10.1. The molecular formula is C22H16FN3O3. The van der Waals surface area contributed by atoms with Gasteiger partial charge in [0.15, 0.2) is 0 Å². The third-order valence-corrected chi connectivity index (χ3v) is 4.18. The Hall–Kier alpha value is -4.00. The number of halogens is 1. The van der Waals surface area contributed by atoms with Crippen LogP contribution < -0.4 is 10.9 Å². The molecule has 2 aromatic heterocycles. The van der Waals surface area contributed by atoms with Gasteiger partial charge >= 0.3 is 0 Å². The Balaban J connectivity index is 1.88. The Morgan fingerprint density at radius 1 is 1.10 bits per heavy atom. The van der Waals surface area contributed by atoms with Crippen molar-refractivity contribution in [3.8, 4) is 5.75 Å². The number of pyridine rings is 1. The highest BCUT2D eigenvalue weighted by Crippen LogP contribution is 2.21. The summed E-state index contributed by atoms with van der Waals surface area (Å²) in [7, 11) is 0. The maximum atomic E-state index is 14.1. The monoisotopic (exact) mass is 389 g/mol. The number of aryl methyl sites for hydroxylation is 1. The van der Waals surface area contributed by atoms with Crippen molar-refractivity contribution < 1.29 is 18.7 Å². The fraction of sp³-hybridized carbons (Fsp3) is 0.0455. The standard InChI is InChI=1S/C22H16FN3O3/c1-13-5-4-8-20(24-13)26-21(28)16-11-14-9-10-15(27)12-19(14)29-22(16)25-18-7-3-2-6-17(18)23/h2-12,27H,1H3,(H,24,26,28). The van der Waals surface area contributed by atoms with Crippen LogP contribution in [0.1, 0.15) is 16.1 Å². The van der Waals surface area contributed by atoms with E-state index < -0.39 is 11.7 Å². The molecular weight excluding hydrogens is 373 g/mol. The van der Waals surface area contributed by atoms with Gasteiger partial charge in [0.05, 0.1) is 0 Å². The van der Waals surface area contributed by atoms with Crippen LogP contribution >= 0.6 is 0 Å². The summed E-state index contributed by atoms with van der Waals surface area (Å²) < 4.78 is 19.8. The molecule has 0 aliphatic carbocycles. The van der Waals surface area contributed by atoms with Crippen molar-refractivity contribution in [3.63, 3.8) is 0 Å². The van der Waals surface area contributed by atoms with Crippen molar-refractivity contribution in [3.05, 3.63) is 89.4 Å². The topological polar surface area (TPSA) is 87.7 Å². The molecule has 0 spiro atoms. The van der Waals surface area contributed by atoms with Crippen molar-refractivity contribution in [2.75, 3.05) is 5.32 Å². The highest BCUT2D eigenvalue weighted by molar-refractivity contribution is 6.05. The highest BCUT2D eigenvalue weighted by atomic mass is 19.1. The zero-order valence-electron chi connectivity index (χ0n) is 15.4. The van der Waals surface area contributed by atoms with Crippen LogP contribution in [0.25, 0.3) is 11.0 Å². The maximum absolute atomic E-state index is 14.1. The van der Waals surface area contributed by atoms with Crippen LogP contribution in [-0.2, 0) is 0 Å². The number of carbonyl (C=O) groups excluding carboxylic acids is 1. The number of rotatable bonds is 3. The normalized spacial score (nSPS) is 11.6. The fourth-order valence-corrected chi connectivity index (χ4v) is 2.80. The molecule has 29 heavy (non-hydrogen) atoms. The quantitative estimate of drug-likeness (QED) is 0.541. The van der Waals surface area contributed by atoms with Crippen LogP contribution in [0.2, 0.25) is 0 Å². The number of phenolic OH excluding ortho intramolecular Hbond substituents is 1. The highest BCUT2D eigenvalue weighted by Gasteiger charge is 2.15. The predicted molar refractivity (Wildman–Crippen MR) is 106 cm³/mol. The zero-order chi connectivity index (χ0) is 20.4. The first-order valence-electron chi connectivity index (χ1n) is 8.81. The number of benzene rings is 2. The minimum atomic E-state index is -0.551. The van der Waals surface area contributed by atoms with E-state index in [0.717, 1.165) is 5.69 Å². The summed E-state index contributed by atoms with van der Waals surface area (Å²) in [6.07, 6.45) is 0. The second-order valence-electron chi connectivity index (χ2n) is 6.37. The Kier molecular flexibility index (Phi) is 4.78. The number of anilines is 1. The largest absolute Gasteiger partial charge is 0.508 e. The summed E-state index contributed by atoms with van der Waals surface area (Å²) in [5, 5.41) is 13.0. The molecule has 0 fully saturated rings. The van der Waals surface area contributed by atoms with Crippen LogP contribution in [-0.4, -0.2) is 16.0 Å². The van der Waals surface area contributed by atoms with Crippen molar-refractivity contribution in [1.82, 2.24) is 4.98 Å². The Morgan fingerprint density at radius 2 is 1.93 bits per heavy atom. The SMILES string of the molecule is Cc1cccc(NC(=O)c2cc3ccc(O)cc3oc2=Nc2ccccc2F)n1. The van der Waals surface area contributed by atoms with E-state index in [4.69, 9.17) is 4.42 Å². The molecule has 144 valence electrons. The molecule has 0 saturated carbocycles. The summed E-state index contributed by atoms with van der Waals surface area (Å²) in [5.74, 6) is -0.681. The second kappa shape index (κ2) is 7.55. The van der Waals surface area contributed by atoms with E-state index in [2.05, 4.69) is 15.3 Å². The van der Waals surface area contributed by atoms with E-state index in [0.29, 0.717) is 16.8 Å². The molecule has 0 saturated heterocycles. The Bertz CT molecular complexity index is 1300. The van der Waals surface area contributed by atoms with Gasteiger partial charge in [-0.25, -0.2) is 14.4 Å². The lowest BCUT2D eigenvalue weighted by Gasteiger charge is -2.07. The molecule has 0 bridgehead atoms. The molecule has 0 aliphatic heterocycles. The van der Waals surface area contributed by atoms with Gasteiger partial charge in [-0.1, -0.05) is 18.2 Å². The number of nitrogens with one attached hydrogen (secondary N) is 1. The molecule has 0 aliphatic rings. The molecule has 2 heterocycles. The predicted octanol–water partition coefficient (Wildman–Crippen LogP) is 4.47. The van der Waals surface area contributed by atoms with Gasteiger partial charge in [-0.3, -0.25) is 4.79 Å². The molecule has 1 amide bonds. The Labute approximate surface area is 165 Å². The number of fused-ring (bicyclic) bond motifs is 1. The summed E-state index contributed by atoms with van der Waals surface area (Å²) in [6, 6.07) is 17.2. The second-order valence-corrected chi connectivity index (χ2v) is 6.37. The third-order valence-electron chi connectivity index (χ3n) is 4.18. The van der Waals surface area contributed by atoms with Crippen molar-refractivity contribution >= 4 is 28.4 Å². The van der Waals surface area contributed by atoms with Crippen LogP contribution in [0.15, 0.2) is 76.1 Å². The van der Waals surface area contributed by atoms with Gasteiger partial charge in [-0.05, 0) is 49.4 Å². The molecule has 4 aromatic rings. The molecule has 4 rings (SSSR count). The summed E-state index contributed by atoms with van der Waals surface area (Å²) in [5.41, 5.74) is 1.11. The smallest absolute Gasteiger partial charge is 0.262 e. The lowest BCUT2D eigenvalue weighted by molar-refractivity contribution is 0.102. The number of para-hydroxylation sites is 1. The zero-order valence-corrected chi connectivity index (χ0v) is 15.4. The van der Waals surface area contributed by atoms with E-state index in [1.807, 2.05) is 13.0 Å². The van der Waals surface area contributed by atoms with Crippen LogP contribution in [0.5, 0.6) is 5.75 Å². The van der Waals surface area contributed by atoms with E-state index in [9.17, 15) is 14.3 Å². The van der Waals surface area contributed by atoms with E-state index >= 15 is 0 Å². The molecule has 6 nitrogen and oxygen atoms in total. The van der Waals surface area contributed by atoms with E-state index in [1.165, 1.54) is 24.3 Å². The van der Waals surface area contributed by atoms with Gasteiger partial charge in [0, 0.05) is 17.1 Å². The molecule has 2 aromatic carbocycles. The molecule has 0 atom stereocenters. The minimum Gasteiger partial charge on any atom is -0.508 e. The molecule has 2 N–H and O–H groups in total. The van der Waals surface area contributed by atoms with Crippen molar-refractivity contribution in [1.29, 1.82) is 0 Å². The number of carbonyl (C=O) groups is 1. The van der Waals surface area contributed by atoms with E-state index in [1.54, 1.807) is 36.4 Å². The number of aromatic hydroxyl groups is 1. The van der Waals surface area contributed by atoms with Crippen molar-refractivity contribution in [2.24, 2.45) is 4.99 Å². The van der Waals surface area contributed by atoms with Crippen LogP contribution in [0, 0.1) is 12.7 Å². The number of aromatic nitrogens is 1. The Morgan fingerprint density at radius 3 is 2.72 bits per heavy atom. The molecule has 7 heteroatoms. The number of phenols is 1. The lowest BCUT2D eigenvalue weighted by Crippen LogP contribution is -2.22. The minimum absolute atomic E-state index is 0.000691. The summed E-state index contributed by atoms with van der Waals surface area (Å²) >= 11 is 0. The fourth-order valence-electron chi connectivity index (χ4n) is 2.80. The maximum Gasteiger partial charge on any atom is 0.262 e. The van der Waals surface area contributed by atoms with Gasteiger partial charge < -0.3 is 14.8 Å². The van der Waals surface area contributed by atoms with Gasteiger partial charge in [0.25, 0.3) is 5.91 Å². The third kappa shape index (κ3) is 3.98. The first-order chi connectivity index (χ1) is 14.0. The molecule has 0 unspecified atom stereocenters. The van der Waals surface area contributed by atoms with Crippen LogP contribution in [0.3, 0.4) is 0 Å². The number of hydrogen-bond donors (Lipinski definition) is 2. The molecule has 0 radical (unpaired) electrons. The average molecular weight is 389 g/mol. The van der Waals surface area contributed by atoms with E-state index in [-0.39, 0.29) is 22.6 Å². The number of nitrogens with zero attached hydrogens (tertiary/aromatic N) is 2. The first kappa shape index (κ1) is 18.4. The van der Waals surface area contributed by atoms with Crippen LogP contribution in [0.4, 0.5) is 15.9 Å². The van der Waals surface area contributed by atoms with Gasteiger partial charge in [0.2, 0.25) is 5.55 Å². The first-order valence-corrected chi connectivity index (χ1v) is 8.81. The van der Waals surface area contributed by atoms with Gasteiger partial charge in [0.1, 0.15) is 34.2 Å². The van der Waals surface area contributed by atoms with Gasteiger partial charge in [-0.15, -0.1) is 0 Å².